The van der Waals surface area contributed by atoms with Gasteiger partial charge in [-0.15, -0.1) is 0 Å². The molecule has 3 heterocycles. The molecule has 0 aromatic heterocycles. The molecule has 0 aromatic carbocycles. The Morgan fingerprint density at radius 3 is 2.36 bits per heavy atom. The van der Waals surface area contributed by atoms with Gasteiger partial charge in [0.25, 0.3) is 10.2 Å². The number of rotatable bonds is 5. The lowest BCUT2D eigenvalue weighted by atomic mass is 9.72. The van der Waals surface area contributed by atoms with Crippen LogP contribution in [0, 0.1) is 10.8 Å². The molecule has 2 bridgehead atoms. The van der Waals surface area contributed by atoms with Crippen LogP contribution in [0.5, 0.6) is 0 Å². The van der Waals surface area contributed by atoms with E-state index in [0.717, 1.165) is 25.7 Å². The van der Waals surface area contributed by atoms with Gasteiger partial charge in [0.05, 0.1) is 12.0 Å². The van der Waals surface area contributed by atoms with Gasteiger partial charge < -0.3 is 4.74 Å². The van der Waals surface area contributed by atoms with Crippen LogP contribution in [0.3, 0.4) is 0 Å². The first-order chi connectivity index (χ1) is 11.7. The van der Waals surface area contributed by atoms with Crippen LogP contribution in [0.15, 0.2) is 0 Å². The topological polar surface area (TPSA) is 66.9 Å². The van der Waals surface area contributed by atoms with E-state index in [4.69, 9.17) is 4.74 Å². The highest BCUT2D eigenvalue weighted by atomic mass is 32.2. The smallest absolute Gasteiger partial charge is 0.313 e. The van der Waals surface area contributed by atoms with Crippen molar-refractivity contribution in [2.24, 2.45) is 10.8 Å². The summed E-state index contributed by atoms with van der Waals surface area (Å²) in [7, 11) is -3.52. The molecule has 3 rings (SSSR count). The SMILES string of the molecule is CCOC(=O)[C@]1(CC)C[C@@H]2CC[C@H]1N2S(=O)(=O)N1CCC(C)(C)CC1. The Kier molecular flexibility index (Phi) is 4.97. The van der Waals surface area contributed by atoms with Gasteiger partial charge in [-0.1, -0.05) is 20.8 Å². The summed E-state index contributed by atoms with van der Waals surface area (Å²) in [5.74, 6) is -0.218. The fraction of sp³-hybridized carbons (Fsp3) is 0.944. The summed E-state index contributed by atoms with van der Waals surface area (Å²) in [6.07, 6.45) is 4.61. The summed E-state index contributed by atoms with van der Waals surface area (Å²) >= 11 is 0. The second kappa shape index (κ2) is 6.50. The van der Waals surface area contributed by atoms with E-state index >= 15 is 0 Å². The Balaban J connectivity index is 1.85. The highest BCUT2D eigenvalue weighted by Gasteiger charge is 2.63. The summed E-state index contributed by atoms with van der Waals surface area (Å²) in [6.45, 7) is 9.66. The van der Waals surface area contributed by atoms with Gasteiger partial charge in [0.1, 0.15) is 0 Å². The molecule has 0 spiro atoms. The first kappa shape index (κ1) is 19.1. The van der Waals surface area contributed by atoms with E-state index in [0.29, 0.717) is 32.5 Å². The number of hydrogen-bond donors (Lipinski definition) is 0. The van der Waals surface area contributed by atoms with Gasteiger partial charge in [0, 0.05) is 25.2 Å². The first-order valence-corrected chi connectivity index (χ1v) is 11.0. The number of esters is 1. The van der Waals surface area contributed by atoms with E-state index in [1.165, 1.54) is 0 Å². The second-order valence-corrected chi connectivity index (χ2v) is 10.4. The van der Waals surface area contributed by atoms with Crippen molar-refractivity contribution in [3.63, 3.8) is 0 Å². The monoisotopic (exact) mass is 372 g/mol. The van der Waals surface area contributed by atoms with Gasteiger partial charge in [-0.3, -0.25) is 4.79 Å². The molecule has 3 fully saturated rings. The Morgan fingerprint density at radius 1 is 1.16 bits per heavy atom. The molecule has 0 amide bonds. The molecule has 0 unspecified atom stereocenters. The van der Waals surface area contributed by atoms with Gasteiger partial charge in [0.15, 0.2) is 0 Å². The third kappa shape index (κ3) is 3.02. The van der Waals surface area contributed by atoms with Crippen molar-refractivity contribution in [3.8, 4) is 0 Å². The largest absolute Gasteiger partial charge is 0.466 e. The third-order valence-corrected chi connectivity index (χ3v) is 8.76. The Morgan fingerprint density at radius 2 is 1.80 bits per heavy atom. The lowest BCUT2D eigenvalue weighted by Gasteiger charge is -2.39. The molecular weight excluding hydrogens is 340 g/mol. The number of carbonyl (C=O) groups excluding carboxylic acids is 1. The average molecular weight is 373 g/mol. The van der Waals surface area contributed by atoms with Gasteiger partial charge in [-0.2, -0.15) is 17.0 Å². The van der Waals surface area contributed by atoms with Crippen LogP contribution in [0.25, 0.3) is 0 Å². The molecule has 0 aromatic rings. The molecule has 25 heavy (non-hydrogen) atoms. The van der Waals surface area contributed by atoms with Crippen LogP contribution in [0.4, 0.5) is 0 Å². The maximum Gasteiger partial charge on any atom is 0.313 e. The number of hydrogen-bond acceptors (Lipinski definition) is 4. The summed E-state index contributed by atoms with van der Waals surface area (Å²) in [4.78, 5) is 12.7. The Labute approximate surface area is 152 Å². The highest BCUT2D eigenvalue weighted by molar-refractivity contribution is 7.86. The van der Waals surface area contributed by atoms with Crippen molar-refractivity contribution in [1.29, 1.82) is 0 Å². The molecule has 144 valence electrons. The molecule has 6 nitrogen and oxygen atoms in total. The zero-order valence-corrected chi connectivity index (χ0v) is 16.8. The quantitative estimate of drug-likeness (QED) is 0.696. The summed E-state index contributed by atoms with van der Waals surface area (Å²) in [6, 6.07) is -0.309. The van der Waals surface area contributed by atoms with E-state index in [2.05, 4.69) is 13.8 Å². The summed E-state index contributed by atoms with van der Waals surface area (Å²) in [5, 5.41) is 0. The van der Waals surface area contributed by atoms with Gasteiger partial charge in [0.2, 0.25) is 0 Å². The van der Waals surface area contributed by atoms with Crippen molar-refractivity contribution >= 4 is 16.2 Å². The normalized spacial score (nSPS) is 35.8. The second-order valence-electron chi connectivity index (χ2n) is 8.58. The van der Waals surface area contributed by atoms with E-state index in [9.17, 15) is 13.2 Å². The van der Waals surface area contributed by atoms with Gasteiger partial charge in [-0.05, 0) is 50.9 Å². The van der Waals surface area contributed by atoms with Crippen LogP contribution in [-0.2, 0) is 19.7 Å². The van der Waals surface area contributed by atoms with Crippen molar-refractivity contribution in [2.45, 2.75) is 78.3 Å². The molecular formula is C18H32N2O4S. The predicted molar refractivity (Wildman–Crippen MR) is 96.1 cm³/mol. The maximum atomic E-state index is 13.3. The zero-order valence-electron chi connectivity index (χ0n) is 16.0. The van der Waals surface area contributed by atoms with Crippen LogP contribution >= 0.6 is 0 Å². The maximum absolute atomic E-state index is 13.3. The molecule has 0 aliphatic carbocycles. The lowest BCUT2D eigenvalue weighted by molar-refractivity contribution is -0.157. The number of fused-ring (bicyclic) bond motifs is 2. The minimum absolute atomic E-state index is 0.0608. The fourth-order valence-corrected chi connectivity index (χ4v) is 7.05. The molecule has 3 aliphatic heterocycles. The van der Waals surface area contributed by atoms with Crippen molar-refractivity contribution in [3.05, 3.63) is 0 Å². The molecule has 0 N–H and O–H groups in total. The zero-order chi connectivity index (χ0) is 18.5. The number of piperidine rings is 1. The van der Waals surface area contributed by atoms with Gasteiger partial charge in [-0.25, -0.2) is 0 Å². The van der Waals surface area contributed by atoms with Crippen molar-refractivity contribution in [2.75, 3.05) is 19.7 Å². The van der Waals surface area contributed by atoms with Gasteiger partial charge >= 0.3 is 5.97 Å². The fourth-order valence-electron chi connectivity index (χ4n) is 4.95. The Bertz CT molecular complexity index is 623. The highest BCUT2D eigenvalue weighted by Crippen LogP contribution is 2.54. The standard InChI is InChI=1S/C18H32N2O4S/c1-5-18(16(21)24-6-2)13-14-7-8-15(18)20(14)25(22,23)19-11-9-17(3,4)10-12-19/h14-15H,5-13H2,1-4H3/t14-,15+,18+/m0/s1. The van der Waals surface area contributed by atoms with E-state index in [1.54, 1.807) is 15.5 Å². The van der Waals surface area contributed by atoms with Crippen LogP contribution in [-0.4, -0.2) is 54.8 Å². The average Bonchev–Trinajstić information content (AvgIpc) is 3.11. The van der Waals surface area contributed by atoms with Crippen molar-refractivity contribution in [1.82, 2.24) is 8.61 Å². The Hall–Kier alpha value is -0.660. The van der Waals surface area contributed by atoms with E-state index < -0.39 is 15.6 Å². The minimum Gasteiger partial charge on any atom is -0.466 e. The van der Waals surface area contributed by atoms with Crippen LogP contribution < -0.4 is 0 Å². The van der Waals surface area contributed by atoms with E-state index in [1.807, 2.05) is 6.92 Å². The molecule has 3 atom stereocenters. The molecule has 0 radical (unpaired) electrons. The summed E-state index contributed by atoms with van der Waals surface area (Å²) in [5.41, 5.74) is -0.463. The lowest BCUT2D eigenvalue weighted by Crippen LogP contribution is -2.52. The molecule has 3 aliphatic rings. The predicted octanol–water partition coefficient (Wildman–Crippen LogP) is 2.55. The number of ether oxygens (including phenoxy) is 1. The molecule has 3 saturated heterocycles. The molecule has 0 saturated carbocycles. The third-order valence-electron chi connectivity index (χ3n) is 6.66. The summed E-state index contributed by atoms with van der Waals surface area (Å²) < 4.78 is 35.3. The minimum atomic E-state index is -3.52. The van der Waals surface area contributed by atoms with Crippen LogP contribution in [0.1, 0.15) is 66.2 Å². The number of carbonyl (C=O) groups is 1. The molecule has 7 heteroatoms. The first-order valence-electron chi connectivity index (χ1n) is 9.64. The van der Waals surface area contributed by atoms with E-state index in [-0.39, 0.29) is 23.5 Å². The number of nitrogens with zero attached hydrogens (tertiary/aromatic N) is 2. The van der Waals surface area contributed by atoms with Crippen molar-refractivity contribution < 1.29 is 17.9 Å². The van der Waals surface area contributed by atoms with Crippen LogP contribution in [0.2, 0.25) is 0 Å².